The van der Waals surface area contributed by atoms with E-state index in [0.717, 1.165) is 5.00 Å². The number of ether oxygens (including phenoxy) is 1. The molecule has 2 heterocycles. The molecule has 0 saturated carbocycles. The summed E-state index contributed by atoms with van der Waals surface area (Å²) in [6.07, 6.45) is 1.32. The molecule has 1 fully saturated rings. The molecular formula is C21H18Cl2FN3O2S. The second kappa shape index (κ2) is 8.41. The molecule has 3 aromatic rings. The first-order valence-corrected chi connectivity index (χ1v) is 10.7. The van der Waals surface area contributed by atoms with E-state index >= 15 is 4.39 Å². The fraction of sp³-hybridized carbons (Fsp3) is 0.238. The number of methoxy groups -OCH3 is 1. The molecular weight excluding hydrogens is 448 g/mol. The van der Waals surface area contributed by atoms with Crippen molar-refractivity contribution in [1.29, 1.82) is 0 Å². The van der Waals surface area contributed by atoms with Crippen molar-refractivity contribution in [2.75, 3.05) is 38.2 Å². The van der Waals surface area contributed by atoms with Crippen molar-refractivity contribution in [1.82, 2.24) is 9.27 Å². The molecule has 1 aromatic heterocycles. The van der Waals surface area contributed by atoms with E-state index in [2.05, 4.69) is 15.9 Å². The molecule has 30 heavy (non-hydrogen) atoms. The monoisotopic (exact) mass is 465 g/mol. The predicted molar refractivity (Wildman–Crippen MR) is 121 cm³/mol. The first kappa shape index (κ1) is 20.9. The highest BCUT2D eigenvalue weighted by molar-refractivity contribution is 7.11. The fourth-order valence-corrected chi connectivity index (χ4v) is 4.97. The Hall–Kier alpha value is -2.35. The van der Waals surface area contributed by atoms with Crippen LogP contribution in [0, 0.1) is 5.82 Å². The second-order valence-corrected chi connectivity index (χ2v) is 8.36. The minimum atomic E-state index is -0.518. The summed E-state index contributed by atoms with van der Waals surface area (Å²) in [5, 5.41) is 2.10. The molecule has 0 N–H and O–H groups in total. The Labute approximate surface area is 187 Å². The first-order valence-electron chi connectivity index (χ1n) is 9.22. The van der Waals surface area contributed by atoms with Gasteiger partial charge in [0.25, 0.3) is 0 Å². The lowest BCUT2D eigenvalue weighted by Crippen LogP contribution is -2.48. The van der Waals surface area contributed by atoms with E-state index < -0.39 is 5.82 Å². The van der Waals surface area contributed by atoms with Gasteiger partial charge in [-0.2, -0.15) is 4.37 Å². The molecule has 0 spiro atoms. The number of halogens is 3. The van der Waals surface area contributed by atoms with Crippen LogP contribution in [-0.4, -0.2) is 48.5 Å². The number of hydrogen-bond donors (Lipinski definition) is 0. The molecule has 0 radical (unpaired) electrons. The van der Waals surface area contributed by atoms with Crippen LogP contribution in [0.2, 0.25) is 10.0 Å². The van der Waals surface area contributed by atoms with Gasteiger partial charge in [-0.25, -0.2) is 4.39 Å². The number of piperazine rings is 1. The number of amides is 1. The van der Waals surface area contributed by atoms with E-state index in [-0.39, 0.29) is 22.0 Å². The molecule has 0 aliphatic carbocycles. The summed E-state index contributed by atoms with van der Waals surface area (Å²) in [6.45, 7) is 5.91. The van der Waals surface area contributed by atoms with Crippen LogP contribution in [0.5, 0.6) is 5.75 Å². The Morgan fingerprint density at radius 3 is 2.63 bits per heavy atom. The number of hydrogen-bond acceptors (Lipinski definition) is 5. The van der Waals surface area contributed by atoms with Crippen LogP contribution >= 0.6 is 34.7 Å². The van der Waals surface area contributed by atoms with Gasteiger partial charge in [-0.05, 0) is 41.9 Å². The van der Waals surface area contributed by atoms with Gasteiger partial charge < -0.3 is 14.5 Å². The third-order valence-electron chi connectivity index (χ3n) is 5.14. The smallest absolute Gasteiger partial charge is 0.246 e. The summed E-state index contributed by atoms with van der Waals surface area (Å²) < 4.78 is 25.1. The largest absolute Gasteiger partial charge is 0.497 e. The Kier molecular flexibility index (Phi) is 5.86. The first-order chi connectivity index (χ1) is 14.4. The molecule has 1 amide bonds. The van der Waals surface area contributed by atoms with E-state index in [1.807, 2.05) is 0 Å². The summed E-state index contributed by atoms with van der Waals surface area (Å²) in [6, 6.07) is 6.73. The SMILES string of the molecule is C=CC(=O)N1CCN(c2snc3c(F)c(-c4cc(OC)ccc4Cl)c(Cl)cc23)CC1. The number of aromatic nitrogens is 1. The quantitative estimate of drug-likeness (QED) is 0.493. The maximum atomic E-state index is 15.5. The van der Waals surface area contributed by atoms with Gasteiger partial charge in [0.1, 0.15) is 16.3 Å². The van der Waals surface area contributed by atoms with Crippen LogP contribution in [-0.2, 0) is 4.79 Å². The third kappa shape index (κ3) is 3.62. The van der Waals surface area contributed by atoms with E-state index in [1.165, 1.54) is 24.7 Å². The van der Waals surface area contributed by atoms with Gasteiger partial charge in [0.15, 0.2) is 5.82 Å². The van der Waals surface area contributed by atoms with Gasteiger partial charge in [0.2, 0.25) is 5.91 Å². The Bertz CT molecular complexity index is 1140. The Balaban J connectivity index is 1.73. The number of nitrogens with zero attached hydrogens (tertiary/aromatic N) is 3. The molecule has 5 nitrogen and oxygen atoms in total. The molecule has 0 bridgehead atoms. The van der Waals surface area contributed by atoms with Crippen molar-refractivity contribution in [2.45, 2.75) is 0 Å². The lowest BCUT2D eigenvalue weighted by atomic mass is 10.0. The zero-order chi connectivity index (χ0) is 21.4. The highest BCUT2D eigenvalue weighted by Gasteiger charge is 2.26. The maximum Gasteiger partial charge on any atom is 0.246 e. The van der Waals surface area contributed by atoms with E-state index in [0.29, 0.717) is 47.9 Å². The van der Waals surface area contributed by atoms with Crippen molar-refractivity contribution in [3.63, 3.8) is 0 Å². The van der Waals surface area contributed by atoms with Gasteiger partial charge in [0, 0.05) is 47.7 Å². The number of carbonyl (C=O) groups excluding carboxylic acids is 1. The van der Waals surface area contributed by atoms with Crippen molar-refractivity contribution >= 4 is 56.5 Å². The minimum Gasteiger partial charge on any atom is -0.497 e. The molecule has 2 aromatic carbocycles. The summed E-state index contributed by atoms with van der Waals surface area (Å²) in [5.74, 6) is -0.0517. The van der Waals surface area contributed by atoms with Crippen LogP contribution in [0.15, 0.2) is 36.9 Å². The summed E-state index contributed by atoms with van der Waals surface area (Å²) in [7, 11) is 1.53. The van der Waals surface area contributed by atoms with Crippen LogP contribution in [0.3, 0.4) is 0 Å². The average molecular weight is 466 g/mol. The normalized spacial score (nSPS) is 14.3. The molecule has 9 heteroatoms. The van der Waals surface area contributed by atoms with E-state index in [1.54, 1.807) is 29.2 Å². The summed E-state index contributed by atoms with van der Waals surface area (Å²) >= 11 is 14.1. The van der Waals surface area contributed by atoms with Crippen LogP contribution in [0.25, 0.3) is 22.0 Å². The Morgan fingerprint density at radius 2 is 1.97 bits per heavy atom. The highest BCUT2D eigenvalue weighted by atomic mass is 35.5. The molecule has 156 valence electrons. The number of anilines is 1. The van der Waals surface area contributed by atoms with Gasteiger partial charge in [0.05, 0.1) is 12.1 Å². The highest BCUT2D eigenvalue weighted by Crippen LogP contribution is 2.43. The van der Waals surface area contributed by atoms with Gasteiger partial charge in [-0.1, -0.05) is 29.8 Å². The molecule has 0 unspecified atom stereocenters. The Morgan fingerprint density at radius 1 is 1.23 bits per heavy atom. The van der Waals surface area contributed by atoms with Gasteiger partial charge in [-0.3, -0.25) is 4.79 Å². The lowest BCUT2D eigenvalue weighted by molar-refractivity contribution is -0.126. The molecule has 1 aliphatic rings. The average Bonchev–Trinajstić information content (AvgIpc) is 3.18. The standard InChI is InChI=1S/C21H18Cl2FN3O2S/c1-3-17(28)26-6-8-27(9-7-26)21-14-11-16(23)18(19(24)20(14)25-30-21)13-10-12(29-2)4-5-15(13)22/h3-5,10-11H,1,6-9H2,2H3. The van der Waals surface area contributed by atoms with Crippen molar-refractivity contribution in [2.24, 2.45) is 0 Å². The van der Waals surface area contributed by atoms with Crippen LogP contribution in [0.4, 0.5) is 9.39 Å². The molecule has 1 aliphatic heterocycles. The number of carbonyl (C=O) groups is 1. The lowest BCUT2D eigenvalue weighted by Gasteiger charge is -2.34. The zero-order valence-corrected chi connectivity index (χ0v) is 18.5. The topological polar surface area (TPSA) is 45.7 Å². The van der Waals surface area contributed by atoms with E-state index in [9.17, 15) is 4.79 Å². The molecule has 4 rings (SSSR count). The zero-order valence-electron chi connectivity index (χ0n) is 16.1. The maximum absolute atomic E-state index is 15.5. The van der Waals surface area contributed by atoms with E-state index in [4.69, 9.17) is 27.9 Å². The second-order valence-electron chi connectivity index (χ2n) is 6.79. The number of fused-ring (bicyclic) bond motifs is 1. The molecule has 1 saturated heterocycles. The van der Waals surface area contributed by atoms with Crippen molar-refractivity contribution in [3.8, 4) is 16.9 Å². The van der Waals surface area contributed by atoms with Crippen LogP contribution in [0.1, 0.15) is 0 Å². The number of benzene rings is 2. The predicted octanol–water partition coefficient (Wildman–Crippen LogP) is 5.25. The summed E-state index contributed by atoms with van der Waals surface area (Å²) in [4.78, 5) is 15.6. The minimum absolute atomic E-state index is 0.0855. The van der Waals surface area contributed by atoms with Crippen molar-refractivity contribution < 1.29 is 13.9 Å². The van der Waals surface area contributed by atoms with Crippen LogP contribution < -0.4 is 9.64 Å². The molecule has 0 atom stereocenters. The van der Waals surface area contributed by atoms with Gasteiger partial charge in [-0.15, -0.1) is 0 Å². The summed E-state index contributed by atoms with van der Waals surface area (Å²) in [5.41, 5.74) is 0.899. The van der Waals surface area contributed by atoms with Gasteiger partial charge >= 0.3 is 0 Å². The third-order valence-corrected chi connectivity index (χ3v) is 6.69. The fourth-order valence-electron chi connectivity index (χ4n) is 3.56. The van der Waals surface area contributed by atoms with Crippen molar-refractivity contribution in [3.05, 3.63) is 52.8 Å². The number of rotatable bonds is 4.